The summed E-state index contributed by atoms with van der Waals surface area (Å²) in [6.45, 7) is 2.29. The molecule has 3 aliphatic carbocycles. The molecule has 2 saturated carbocycles. The van der Waals surface area contributed by atoms with E-state index in [2.05, 4.69) is 31.2 Å². The van der Waals surface area contributed by atoms with E-state index in [9.17, 15) is 9.59 Å². The molecule has 1 saturated heterocycles. The van der Waals surface area contributed by atoms with Gasteiger partial charge in [-0.25, -0.2) is 0 Å². The zero-order chi connectivity index (χ0) is 17.4. The van der Waals surface area contributed by atoms with Gasteiger partial charge in [-0.3, -0.25) is 9.59 Å². The minimum Gasteiger partial charge on any atom is -0.497 e. The molecule has 3 fully saturated rings. The van der Waals surface area contributed by atoms with Gasteiger partial charge < -0.3 is 9.47 Å². The van der Waals surface area contributed by atoms with Crippen molar-refractivity contribution in [1.29, 1.82) is 0 Å². The van der Waals surface area contributed by atoms with Crippen LogP contribution in [0.3, 0.4) is 0 Å². The molecular formula is C21H22O4. The number of benzene rings is 1. The SMILES string of the molecule is COc1ccc([C@@]23C=C[C@]4(CCCC[C@@]42C)[C@H]2C(=O)OC(=O)[C@H]23)cc1. The van der Waals surface area contributed by atoms with Crippen LogP contribution in [0.25, 0.3) is 0 Å². The van der Waals surface area contributed by atoms with Crippen LogP contribution in [0.4, 0.5) is 0 Å². The number of allylic oxidation sites excluding steroid dienone is 2. The highest BCUT2D eigenvalue weighted by Gasteiger charge is 2.81. The summed E-state index contributed by atoms with van der Waals surface area (Å²) in [5.41, 5.74) is 0.249. The number of hydrogen-bond acceptors (Lipinski definition) is 4. The number of carbonyl (C=O) groups excluding carboxylic acids is 2. The Morgan fingerprint density at radius 3 is 2.40 bits per heavy atom. The van der Waals surface area contributed by atoms with E-state index in [1.165, 1.54) is 0 Å². The van der Waals surface area contributed by atoms with Crippen molar-refractivity contribution in [2.75, 3.05) is 7.11 Å². The van der Waals surface area contributed by atoms with Gasteiger partial charge in [0.15, 0.2) is 0 Å². The first-order chi connectivity index (χ1) is 12.0. The Hall–Kier alpha value is -2.10. The van der Waals surface area contributed by atoms with Crippen LogP contribution in [0, 0.1) is 22.7 Å². The van der Waals surface area contributed by atoms with Gasteiger partial charge in [-0.1, -0.05) is 44.1 Å². The Morgan fingerprint density at radius 1 is 1.00 bits per heavy atom. The Kier molecular flexibility index (Phi) is 2.76. The molecule has 1 heterocycles. The van der Waals surface area contributed by atoms with E-state index in [4.69, 9.17) is 9.47 Å². The van der Waals surface area contributed by atoms with Gasteiger partial charge in [-0.15, -0.1) is 0 Å². The van der Waals surface area contributed by atoms with Crippen LogP contribution in [0.15, 0.2) is 36.4 Å². The molecule has 0 spiro atoms. The lowest BCUT2D eigenvalue weighted by Crippen LogP contribution is -2.48. The molecule has 0 amide bonds. The van der Waals surface area contributed by atoms with Gasteiger partial charge in [0.2, 0.25) is 0 Å². The highest BCUT2D eigenvalue weighted by molar-refractivity contribution is 6.00. The Balaban J connectivity index is 1.77. The fraction of sp³-hybridized carbons (Fsp3) is 0.524. The number of esters is 2. The van der Waals surface area contributed by atoms with E-state index < -0.39 is 11.3 Å². The molecule has 5 rings (SSSR count). The van der Waals surface area contributed by atoms with Crippen LogP contribution in [-0.2, 0) is 19.7 Å². The predicted molar refractivity (Wildman–Crippen MR) is 90.9 cm³/mol. The summed E-state index contributed by atoms with van der Waals surface area (Å²) >= 11 is 0. The summed E-state index contributed by atoms with van der Waals surface area (Å²) in [6, 6.07) is 7.99. The van der Waals surface area contributed by atoms with Crippen LogP contribution in [0.5, 0.6) is 5.75 Å². The van der Waals surface area contributed by atoms with Gasteiger partial charge in [-0.2, -0.15) is 0 Å². The van der Waals surface area contributed by atoms with E-state index in [0.717, 1.165) is 37.0 Å². The third-order valence-electron chi connectivity index (χ3n) is 7.76. The Morgan fingerprint density at radius 2 is 1.68 bits per heavy atom. The second-order valence-corrected chi connectivity index (χ2v) is 8.21. The average Bonchev–Trinajstić information content (AvgIpc) is 3.15. The zero-order valence-corrected chi connectivity index (χ0v) is 14.6. The minimum absolute atomic E-state index is 0.128. The van der Waals surface area contributed by atoms with Crippen LogP contribution in [-0.4, -0.2) is 19.0 Å². The molecule has 5 atom stereocenters. The molecule has 4 nitrogen and oxygen atoms in total. The standard InChI is InChI=1S/C21H22O4/c1-19-9-3-4-10-20(19)11-12-21(19,13-5-7-14(24-2)8-6-13)16-15(20)17(22)25-18(16)23/h5-8,11-12,15-16H,3-4,9-10H2,1-2H3/t15-,16+,19+,20-,21-/m1/s1. The van der Waals surface area contributed by atoms with Crippen LogP contribution >= 0.6 is 0 Å². The first-order valence-corrected chi connectivity index (χ1v) is 9.11. The van der Waals surface area contributed by atoms with Crippen molar-refractivity contribution in [2.45, 2.75) is 38.0 Å². The maximum atomic E-state index is 12.7. The average molecular weight is 338 g/mol. The second kappa shape index (κ2) is 4.54. The predicted octanol–water partition coefficient (Wildman–Crippen LogP) is 3.40. The van der Waals surface area contributed by atoms with Gasteiger partial charge in [0, 0.05) is 10.8 Å². The highest BCUT2D eigenvalue weighted by Crippen LogP contribution is 2.79. The van der Waals surface area contributed by atoms with Gasteiger partial charge in [0.25, 0.3) is 0 Å². The summed E-state index contributed by atoms with van der Waals surface area (Å²) in [6.07, 6.45) is 8.70. The van der Waals surface area contributed by atoms with E-state index in [1.807, 2.05) is 12.1 Å². The summed E-state index contributed by atoms with van der Waals surface area (Å²) in [4.78, 5) is 25.4. The lowest BCUT2D eigenvalue weighted by molar-refractivity contribution is -0.158. The quantitative estimate of drug-likeness (QED) is 0.471. The lowest BCUT2D eigenvalue weighted by Gasteiger charge is -2.50. The van der Waals surface area contributed by atoms with E-state index >= 15 is 0 Å². The molecule has 0 unspecified atom stereocenters. The number of rotatable bonds is 2. The number of cyclic esters (lactones) is 2. The van der Waals surface area contributed by atoms with Crippen molar-refractivity contribution >= 4 is 11.9 Å². The van der Waals surface area contributed by atoms with Crippen molar-refractivity contribution < 1.29 is 19.1 Å². The summed E-state index contributed by atoms with van der Waals surface area (Å²) in [5, 5.41) is 0. The van der Waals surface area contributed by atoms with E-state index in [-0.39, 0.29) is 28.7 Å². The van der Waals surface area contributed by atoms with Crippen LogP contribution in [0.2, 0.25) is 0 Å². The normalized spacial score (nSPS) is 43.8. The number of methoxy groups -OCH3 is 1. The van der Waals surface area contributed by atoms with Crippen molar-refractivity contribution in [2.24, 2.45) is 22.7 Å². The lowest BCUT2D eigenvalue weighted by atomic mass is 9.52. The first-order valence-electron chi connectivity index (χ1n) is 9.11. The number of ether oxygens (including phenoxy) is 2. The maximum Gasteiger partial charge on any atom is 0.318 e. The number of carbonyl (C=O) groups is 2. The van der Waals surface area contributed by atoms with Gasteiger partial charge in [0.1, 0.15) is 5.75 Å². The zero-order valence-electron chi connectivity index (χ0n) is 14.6. The minimum atomic E-state index is -0.465. The van der Waals surface area contributed by atoms with Crippen molar-refractivity contribution in [3.63, 3.8) is 0 Å². The summed E-state index contributed by atoms with van der Waals surface area (Å²) in [5.74, 6) is -0.603. The molecule has 4 heteroatoms. The summed E-state index contributed by atoms with van der Waals surface area (Å²) in [7, 11) is 1.65. The number of hydrogen-bond donors (Lipinski definition) is 0. The highest BCUT2D eigenvalue weighted by atomic mass is 16.6. The smallest absolute Gasteiger partial charge is 0.318 e. The molecule has 1 aliphatic heterocycles. The third-order valence-corrected chi connectivity index (χ3v) is 7.76. The molecular weight excluding hydrogens is 316 g/mol. The van der Waals surface area contributed by atoms with Crippen LogP contribution in [0.1, 0.15) is 38.2 Å². The van der Waals surface area contributed by atoms with Gasteiger partial charge in [0.05, 0.1) is 18.9 Å². The second-order valence-electron chi connectivity index (χ2n) is 8.21. The number of fused-ring (bicyclic) bond motifs is 2. The summed E-state index contributed by atoms with van der Waals surface area (Å²) < 4.78 is 10.4. The molecule has 1 aromatic rings. The fourth-order valence-electron chi connectivity index (χ4n) is 6.69. The molecule has 0 aromatic heterocycles. The fourth-order valence-corrected chi connectivity index (χ4v) is 6.69. The van der Waals surface area contributed by atoms with Crippen molar-refractivity contribution in [3.8, 4) is 5.75 Å². The van der Waals surface area contributed by atoms with Crippen LogP contribution < -0.4 is 4.74 Å². The topological polar surface area (TPSA) is 52.6 Å². The molecule has 2 bridgehead atoms. The Bertz CT molecular complexity index is 810. The van der Waals surface area contributed by atoms with Gasteiger partial charge in [-0.05, 0) is 36.0 Å². The molecule has 4 aliphatic rings. The van der Waals surface area contributed by atoms with E-state index in [1.54, 1.807) is 7.11 Å². The largest absolute Gasteiger partial charge is 0.497 e. The maximum absolute atomic E-state index is 12.7. The Labute approximate surface area is 147 Å². The molecule has 130 valence electrons. The van der Waals surface area contributed by atoms with Crippen molar-refractivity contribution in [1.82, 2.24) is 0 Å². The van der Waals surface area contributed by atoms with E-state index in [0.29, 0.717) is 0 Å². The molecule has 25 heavy (non-hydrogen) atoms. The first kappa shape index (κ1) is 15.2. The van der Waals surface area contributed by atoms with Crippen molar-refractivity contribution in [3.05, 3.63) is 42.0 Å². The molecule has 0 N–H and O–H groups in total. The molecule has 1 aromatic carbocycles. The molecule has 0 radical (unpaired) electrons. The van der Waals surface area contributed by atoms with Gasteiger partial charge >= 0.3 is 11.9 Å². The third kappa shape index (κ3) is 1.43. The monoisotopic (exact) mass is 338 g/mol.